The third-order valence-electron chi connectivity index (χ3n) is 5.07. The second-order valence-corrected chi connectivity index (χ2v) is 7.33. The van der Waals surface area contributed by atoms with Crippen molar-refractivity contribution in [2.45, 2.75) is 12.6 Å². The Kier molecular flexibility index (Phi) is 5.68. The van der Waals surface area contributed by atoms with Crippen LogP contribution in [0.25, 0.3) is 5.76 Å². The highest BCUT2D eigenvalue weighted by Gasteiger charge is 2.46. The van der Waals surface area contributed by atoms with Crippen LogP contribution in [0.3, 0.4) is 0 Å². The van der Waals surface area contributed by atoms with Crippen LogP contribution < -0.4 is 4.74 Å². The first-order valence-corrected chi connectivity index (χ1v) is 9.80. The van der Waals surface area contributed by atoms with Crippen LogP contribution >= 0.6 is 11.6 Å². The Bertz CT molecular complexity index is 1170. The van der Waals surface area contributed by atoms with Crippen LogP contribution in [0.2, 0.25) is 5.02 Å². The summed E-state index contributed by atoms with van der Waals surface area (Å²) in [6.07, 6.45) is 6.40. The molecule has 1 N–H and O–H groups in total. The molecule has 1 saturated heterocycles. The highest BCUT2D eigenvalue weighted by Crippen LogP contribution is 2.40. The Morgan fingerprint density at radius 3 is 2.55 bits per heavy atom. The molecular formula is C23H18ClN3O4. The Hall–Kier alpha value is -3.71. The molecule has 1 amide bonds. The van der Waals surface area contributed by atoms with E-state index in [4.69, 9.17) is 16.3 Å². The fraction of sp³-hybridized carbons (Fsp3) is 0.130. The summed E-state index contributed by atoms with van der Waals surface area (Å²) in [5, 5.41) is 11.3. The van der Waals surface area contributed by atoms with Crippen molar-refractivity contribution in [2.24, 2.45) is 0 Å². The van der Waals surface area contributed by atoms with E-state index in [1.165, 1.54) is 18.1 Å². The molecule has 1 aromatic carbocycles. The minimum Gasteiger partial charge on any atom is -0.507 e. The summed E-state index contributed by atoms with van der Waals surface area (Å²) < 4.78 is 5.14. The number of methoxy groups -OCH3 is 1. The van der Waals surface area contributed by atoms with Crippen LogP contribution in [0.15, 0.2) is 72.8 Å². The molecule has 0 bridgehead atoms. The van der Waals surface area contributed by atoms with E-state index in [0.29, 0.717) is 16.9 Å². The molecule has 2 aromatic heterocycles. The van der Waals surface area contributed by atoms with Gasteiger partial charge in [0.05, 0.1) is 23.7 Å². The first-order valence-electron chi connectivity index (χ1n) is 9.42. The van der Waals surface area contributed by atoms with Crippen LogP contribution in [0.4, 0.5) is 0 Å². The number of hydrogen-bond acceptors (Lipinski definition) is 6. The predicted molar refractivity (Wildman–Crippen MR) is 114 cm³/mol. The summed E-state index contributed by atoms with van der Waals surface area (Å²) in [4.78, 5) is 35.5. The van der Waals surface area contributed by atoms with E-state index in [2.05, 4.69) is 9.97 Å². The van der Waals surface area contributed by atoms with Crippen LogP contribution in [0.5, 0.6) is 5.75 Å². The molecule has 1 atom stereocenters. The monoisotopic (exact) mass is 435 g/mol. The third-order valence-corrected chi connectivity index (χ3v) is 5.36. The van der Waals surface area contributed by atoms with E-state index in [9.17, 15) is 14.7 Å². The van der Waals surface area contributed by atoms with E-state index < -0.39 is 17.7 Å². The highest BCUT2D eigenvalue weighted by molar-refractivity contribution is 6.46. The molecule has 1 aliphatic heterocycles. The van der Waals surface area contributed by atoms with E-state index in [0.717, 1.165) is 5.56 Å². The fourth-order valence-electron chi connectivity index (χ4n) is 3.58. The SMILES string of the molecule is COc1ccc(/C(O)=C2/C(=O)C(=O)N(Cc3ccncc3)C2c2cccnc2)cc1Cl. The Morgan fingerprint density at radius 1 is 1.13 bits per heavy atom. The van der Waals surface area contributed by atoms with Gasteiger partial charge in [-0.2, -0.15) is 0 Å². The number of ketones is 1. The van der Waals surface area contributed by atoms with Gasteiger partial charge in [0.15, 0.2) is 0 Å². The average Bonchev–Trinajstić information content (AvgIpc) is 3.04. The maximum absolute atomic E-state index is 13.0. The van der Waals surface area contributed by atoms with E-state index in [-0.39, 0.29) is 22.9 Å². The molecule has 0 spiro atoms. The van der Waals surface area contributed by atoms with Crippen molar-refractivity contribution in [1.29, 1.82) is 0 Å². The average molecular weight is 436 g/mol. The van der Waals surface area contributed by atoms with Gasteiger partial charge in [-0.1, -0.05) is 17.7 Å². The number of benzene rings is 1. The zero-order valence-corrected chi connectivity index (χ0v) is 17.3. The zero-order valence-electron chi connectivity index (χ0n) is 16.5. The van der Waals surface area contributed by atoms with Crippen LogP contribution in [-0.2, 0) is 16.1 Å². The molecule has 0 saturated carbocycles. The summed E-state index contributed by atoms with van der Waals surface area (Å²) in [7, 11) is 1.48. The number of hydrogen-bond donors (Lipinski definition) is 1. The number of aliphatic hydroxyl groups is 1. The smallest absolute Gasteiger partial charge is 0.295 e. The summed E-state index contributed by atoms with van der Waals surface area (Å²) in [6.45, 7) is 0.173. The lowest BCUT2D eigenvalue weighted by atomic mass is 9.96. The van der Waals surface area contributed by atoms with Crippen molar-refractivity contribution in [2.75, 3.05) is 7.11 Å². The van der Waals surface area contributed by atoms with Gasteiger partial charge in [0.25, 0.3) is 11.7 Å². The quantitative estimate of drug-likeness (QED) is 0.372. The Morgan fingerprint density at radius 2 is 1.90 bits per heavy atom. The number of ether oxygens (including phenoxy) is 1. The predicted octanol–water partition coefficient (Wildman–Crippen LogP) is 3.76. The van der Waals surface area contributed by atoms with Crippen molar-refractivity contribution in [1.82, 2.24) is 14.9 Å². The van der Waals surface area contributed by atoms with Gasteiger partial charge < -0.3 is 14.7 Å². The number of nitrogens with zero attached hydrogens (tertiary/aromatic N) is 3. The van der Waals surface area contributed by atoms with Gasteiger partial charge in [-0.25, -0.2) is 0 Å². The number of aliphatic hydroxyl groups excluding tert-OH is 1. The van der Waals surface area contributed by atoms with Gasteiger partial charge in [-0.3, -0.25) is 19.6 Å². The molecule has 1 fully saturated rings. The third kappa shape index (κ3) is 3.87. The maximum atomic E-state index is 13.0. The van der Waals surface area contributed by atoms with Gasteiger partial charge in [0.2, 0.25) is 0 Å². The number of amides is 1. The topological polar surface area (TPSA) is 92.6 Å². The second-order valence-electron chi connectivity index (χ2n) is 6.92. The molecule has 8 heteroatoms. The highest BCUT2D eigenvalue weighted by atomic mass is 35.5. The molecule has 0 aliphatic carbocycles. The Balaban J connectivity index is 1.85. The van der Waals surface area contributed by atoms with Crippen molar-refractivity contribution in [3.05, 3.63) is 94.5 Å². The van der Waals surface area contributed by atoms with E-state index >= 15 is 0 Å². The molecule has 7 nitrogen and oxygen atoms in total. The van der Waals surface area contributed by atoms with Gasteiger partial charge in [-0.15, -0.1) is 0 Å². The number of carbonyl (C=O) groups is 2. The van der Waals surface area contributed by atoms with Gasteiger partial charge in [0.1, 0.15) is 11.5 Å². The number of rotatable bonds is 5. The minimum absolute atomic E-state index is 0.0201. The molecule has 3 heterocycles. The second kappa shape index (κ2) is 8.57. The number of carbonyl (C=O) groups excluding carboxylic acids is 2. The molecule has 3 aromatic rings. The summed E-state index contributed by atoms with van der Waals surface area (Å²) in [5.41, 5.74) is 1.70. The number of pyridine rings is 2. The lowest BCUT2D eigenvalue weighted by Gasteiger charge is -2.25. The minimum atomic E-state index is -0.803. The number of Topliss-reactive ketones (excluding diaryl/α,β-unsaturated/α-hetero) is 1. The maximum Gasteiger partial charge on any atom is 0.295 e. The van der Waals surface area contributed by atoms with Crippen molar-refractivity contribution in [3.63, 3.8) is 0 Å². The molecular weight excluding hydrogens is 418 g/mol. The van der Waals surface area contributed by atoms with E-state index in [1.54, 1.807) is 61.2 Å². The number of aromatic nitrogens is 2. The number of halogens is 1. The molecule has 1 aliphatic rings. The number of likely N-dealkylation sites (tertiary alicyclic amines) is 1. The van der Waals surface area contributed by atoms with Crippen LogP contribution in [-0.4, -0.2) is 38.8 Å². The van der Waals surface area contributed by atoms with Gasteiger partial charge in [-0.05, 0) is 47.5 Å². The van der Waals surface area contributed by atoms with Crippen LogP contribution in [0.1, 0.15) is 22.7 Å². The van der Waals surface area contributed by atoms with E-state index in [1.807, 2.05) is 0 Å². The lowest BCUT2D eigenvalue weighted by Crippen LogP contribution is -2.29. The fourth-order valence-corrected chi connectivity index (χ4v) is 3.84. The Labute approximate surface area is 183 Å². The standard InChI is InChI=1S/C23H18ClN3O4/c1-31-18-5-4-15(11-17(18)24)21(28)19-20(16-3-2-8-26-12-16)27(23(30)22(19)29)13-14-6-9-25-10-7-14/h2-12,20,28H,13H2,1H3/b21-19-. The lowest BCUT2D eigenvalue weighted by molar-refractivity contribution is -0.140. The van der Waals surface area contributed by atoms with Gasteiger partial charge >= 0.3 is 0 Å². The summed E-state index contributed by atoms with van der Waals surface area (Å²) in [5.74, 6) is -1.35. The normalized spacial score (nSPS) is 17.7. The van der Waals surface area contributed by atoms with Crippen molar-refractivity contribution >= 4 is 29.1 Å². The van der Waals surface area contributed by atoms with Crippen molar-refractivity contribution < 1.29 is 19.4 Å². The zero-order chi connectivity index (χ0) is 22.0. The molecule has 31 heavy (non-hydrogen) atoms. The largest absolute Gasteiger partial charge is 0.507 e. The van der Waals surface area contributed by atoms with Gasteiger partial charge in [0, 0.05) is 36.9 Å². The molecule has 1 unspecified atom stereocenters. The summed E-state index contributed by atoms with van der Waals surface area (Å²) in [6, 6.07) is 10.9. The molecule has 156 valence electrons. The first kappa shape index (κ1) is 20.6. The van der Waals surface area contributed by atoms with Crippen molar-refractivity contribution in [3.8, 4) is 5.75 Å². The molecule has 0 radical (unpaired) electrons. The van der Waals surface area contributed by atoms with Crippen LogP contribution in [0, 0.1) is 0 Å². The molecule has 4 rings (SSSR count). The summed E-state index contributed by atoms with van der Waals surface area (Å²) >= 11 is 6.20. The first-order chi connectivity index (χ1) is 15.0.